The Morgan fingerprint density at radius 2 is 2.00 bits per heavy atom. The molecule has 0 saturated carbocycles. The van der Waals surface area contributed by atoms with E-state index in [1.54, 1.807) is 24.3 Å². The zero-order valence-electron chi connectivity index (χ0n) is 10.4. The Morgan fingerprint density at radius 1 is 1.26 bits per heavy atom. The molecular formula is C15H14ClFOS. The summed E-state index contributed by atoms with van der Waals surface area (Å²) < 4.78 is 13.4. The molecule has 1 atom stereocenters. The van der Waals surface area contributed by atoms with Crippen molar-refractivity contribution in [1.29, 1.82) is 0 Å². The van der Waals surface area contributed by atoms with E-state index in [-0.39, 0.29) is 5.82 Å². The van der Waals surface area contributed by atoms with E-state index in [1.807, 2.05) is 19.1 Å². The van der Waals surface area contributed by atoms with Gasteiger partial charge in [0.1, 0.15) is 5.82 Å². The van der Waals surface area contributed by atoms with Crippen LogP contribution in [0.5, 0.6) is 0 Å². The Balaban J connectivity index is 2.03. The van der Waals surface area contributed by atoms with Crippen molar-refractivity contribution < 1.29 is 9.50 Å². The third kappa shape index (κ3) is 3.72. The summed E-state index contributed by atoms with van der Waals surface area (Å²) in [5.74, 6) is 0.127. The topological polar surface area (TPSA) is 20.2 Å². The molecule has 0 aromatic heterocycles. The molecule has 0 amide bonds. The molecule has 1 unspecified atom stereocenters. The van der Waals surface area contributed by atoms with Gasteiger partial charge in [0.15, 0.2) is 0 Å². The average molecular weight is 297 g/mol. The van der Waals surface area contributed by atoms with Gasteiger partial charge in [-0.3, -0.25) is 0 Å². The van der Waals surface area contributed by atoms with Crippen molar-refractivity contribution in [2.75, 3.05) is 5.75 Å². The molecular weight excluding hydrogens is 283 g/mol. The SMILES string of the molecule is Cc1ccc(C(O)CSc2ccccc2F)cc1Cl. The van der Waals surface area contributed by atoms with Crippen molar-refractivity contribution in [3.63, 3.8) is 0 Å². The van der Waals surface area contributed by atoms with Crippen LogP contribution in [0.3, 0.4) is 0 Å². The number of halogens is 2. The number of aliphatic hydroxyl groups excluding tert-OH is 1. The molecule has 0 aliphatic rings. The molecule has 1 N–H and O–H groups in total. The fourth-order valence-electron chi connectivity index (χ4n) is 1.64. The minimum absolute atomic E-state index is 0.262. The highest BCUT2D eigenvalue weighted by molar-refractivity contribution is 7.99. The van der Waals surface area contributed by atoms with Gasteiger partial charge in [-0.1, -0.05) is 35.9 Å². The van der Waals surface area contributed by atoms with Crippen LogP contribution in [0.2, 0.25) is 5.02 Å². The van der Waals surface area contributed by atoms with Crippen LogP contribution in [0.1, 0.15) is 17.2 Å². The van der Waals surface area contributed by atoms with Crippen LogP contribution in [0.4, 0.5) is 4.39 Å². The summed E-state index contributed by atoms with van der Waals surface area (Å²) in [7, 11) is 0. The molecule has 100 valence electrons. The molecule has 0 heterocycles. The second kappa shape index (κ2) is 6.42. The van der Waals surface area contributed by atoms with E-state index < -0.39 is 6.10 Å². The van der Waals surface area contributed by atoms with Gasteiger partial charge in [0, 0.05) is 15.7 Å². The Morgan fingerprint density at radius 3 is 2.68 bits per heavy atom. The van der Waals surface area contributed by atoms with Gasteiger partial charge in [0.2, 0.25) is 0 Å². The van der Waals surface area contributed by atoms with Gasteiger partial charge in [0.05, 0.1) is 6.10 Å². The molecule has 2 rings (SSSR count). The van der Waals surface area contributed by atoms with E-state index in [9.17, 15) is 9.50 Å². The molecule has 2 aromatic rings. The average Bonchev–Trinajstić information content (AvgIpc) is 2.40. The summed E-state index contributed by atoms with van der Waals surface area (Å²) in [6, 6.07) is 12.0. The minimum Gasteiger partial charge on any atom is -0.388 e. The largest absolute Gasteiger partial charge is 0.388 e. The number of rotatable bonds is 4. The molecule has 4 heteroatoms. The minimum atomic E-state index is -0.664. The lowest BCUT2D eigenvalue weighted by molar-refractivity contribution is 0.204. The van der Waals surface area contributed by atoms with Crippen LogP contribution in [0, 0.1) is 12.7 Å². The van der Waals surface area contributed by atoms with E-state index in [2.05, 4.69) is 0 Å². The molecule has 0 spiro atoms. The Labute approximate surface area is 121 Å². The van der Waals surface area contributed by atoms with Crippen LogP contribution in [-0.2, 0) is 0 Å². The standard InChI is InChI=1S/C15H14ClFOS/c1-10-6-7-11(8-12(10)16)14(18)9-19-15-5-3-2-4-13(15)17/h2-8,14,18H,9H2,1H3. The predicted molar refractivity (Wildman–Crippen MR) is 78.3 cm³/mol. The number of hydrogen-bond donors (Lipinski definition) is 1. The molecule has 1 nitrogen and oxygen atoms in total. The number of benzene rings is 2. The molecule has 0 radical (unpaired) electrons. The second-order valence-electron chi connectivity index (χ2n) is 4.27. The third-order valence-electron chi connectivity index (χ3n) is 2.81. The van der Waals surface area contributed by atoms with Gasteiger partial charge >= 0.3 is 0 Å². The first-order valence-electron chi connectivity index (χ1n) is 5.89. The van der Waals surface area contributed by atoms with E-state index in [0.29, 0.717) is 15.7 Å². The lowest BCUT2D eigenvalue weighted by Gasteiger charge is -2.12. The highest BCUT2D eigenvalue weighted by Gasteiger charge is 2.11. The molecule has 0 fully saturated rings. The number of aryl methyl sites for hydroxylation is 1. The van der Waals surface area contributed by atoms with Gasteiger partial charge in [-0.15, -0.1) is 11.8 Å². The van der Waals surface area contributed by atoms with E-state index >= 15 is 0 Å². The van der Waals surface area contributed by atoms with Crippen LogP contribution >= 0.6 is 23.4 Å². The summed E-state index contributed by atoms with van der Waals surface area (Å²) in [6.45, 7) is 1.91. The maximum atomic E-state index is 13.4. The van der Waals surface area contributed by atoms with Crippen LogP contribution in [-0.4, -0.2) is 10.9 Å². The Kier molecular flexibility index (Phi) is 4.86. The van der Waals surface area contributed by atoms with Crippen LogP contribution in [0.15, 0.2) is 47.4 Å². The molecule has 0 aliphatic heterocycles. The molecule has 2 aromatic carbocycles. The first-order valence-corrected chi connectivity index (χ1v) is 7.25. The smallest absolute Gasteiger partial charge is 0.136 e. The first-order chi connectivity index (χ1) is 9.08. The second-order valence-corrected chi connectivity index (χ2v) is 5.73. The van der Waals surface area contributed by atoms with Crippen molar-refractivity contribution in [1.82, 2.24) is 0 Å². The summed E-state index contributed by atoms with van der Waals surface area (Å²) in [4.78, 5) is 0.541. The maximum Gasteiger partial charge on any atom is 0.136 e. The van der Waals surface area contributed by atoms with E-state index in [0.717, 1.165) is 11.1 Å². The zero-order chi connectivity index (χ0) is 13.8. The lowest BCUT2D eigenvalue weighted by Crippen LogP contribution is -2.01. The first kappa shape index (κ1) is 14.4. The number of aliphatic hydroxyl groups is 1. The predicted octanol–water partition coefficient (Wildman–Crippen LogP) is 4.61. The van der Waals surface area contributed by atoms with Crippen LogP contribution < -0.4 is 0 Å². The van der Waals surface area contributed by atoms with Gasteiger partial charge in [-0.05, 0) is 36.2 Å². The van der Waals surface area contributed by atoms with Crippen LogP contribution in [0.25, 0.3) is 0 Å². The quantitative estimate of drug-likeness (QED) is 0.831. The molecule has 0 bridgehead atoms. The summed E-state index contributed by atoms with van der Waals surface area (Å²) in [6.07, 6.45) is -0.664. The Hall–Kier alpha value is -1.03. The van der Waals surface area contributed by atoms with Gasteiger partial charge in [0.25, 0.3) is 0 Å². The molecule has 19 heavy (non-hydrogen) atoms. The van der Waals surface area contributed by atoms with Gasteiger partial charge in [-0.2, -0.15) is 0 Å². The van der Waals surface area contributed by atoms with Crippen molar-refractivity contribution in [2.24, 2.45) is 0 Å². The number of thioether (sulfide) groups is 1. The summed E-state index contributed by atoms with van der Waals surface area (Å²) in [5.41, 5.74) is 1.72. The monoisotopic (exact) mass is 296 g/mol. The summed E-state index contributed by atoms with van der Waals surface area (Å²) >= 11 is 7.31. The fourth-order valence-corrected chi connectivity index (χ4v) is 2.74. The van der Waals surface area contributed by atoms with Crippen molar-refractivity contribution in [3.05, 3.63) is 64.4 Å². The van der Waals surface area contributed by atoms with Crippen molar-refractivity contribution in [3.8, 4) is 0 Å². The van der Waals surface area contributed by atoms with Crippen molar-refractivity contribution >= 4 is 23.4 Å². The zero-order valence-corrected chi connectivity index (χ0v) is 12.0. The van der Waals surface area contributed by atoms with Gasteiger partial charge in [-0.25, -0.2) is 4.39 Å². The third-order valence-corrected chi connectivity index (χ3v) is 4.35. The van der Waals surface area contributed by atoms with E-state index in [1.165, 1.54) is 17.8 Å². The molecule has 0 saturated heterocycles. The lowest BCUT2D eigenvalue weighted by atomic mass is 10.1. The Bertz CT molecular complexity index is 574. The molecule has 0 aliphatic carbocycles. The van der Waals surface area contributed by atoms with Gasteiger partial charge < -0.3 is 5.11 Å². The highest BCUT2D eigenvalue weighted by atomic mass is 35.5. The summed E-state index contributed by atoms with van der Waals surface area (Å²) in [5, 5.41) is 10.7. The number of hydrogen-bond acceptors (Lipinski definition) is 2. The highest BCUT2D eigenvalue weighted by Crippen LogP contribution is 2.28. The van der Waals surface area contributed by atoms with E-state index in [4.69, 9.17) is 11.6 Å². The normalized spacial score (nSPS) is 12.4. The van der Waals surface area contributed by atoms with Crippen molar-refractivity contribution in [2.45, 2.75) is 17.9 Å². The fraction of sp³-hybridized carbons (Fsp3) is 0.200. The maximum absolute atomic E-state index is 13.4.